The zero-order valence-electron chi connectivity index (χ0n) is 38.9. The molecule has 0 unspecified atom stereocenters. The number of imidazole rings is 1. The Morgan fingerprint density at radius 2 is 0.653 bits per heavy atom. The molecule has 0 amide bonds. The Bertz CT molecular complexity index is 4380. The molecule has 0 aliphatic heterocycles. The lowest BCUT2D eigenvalue weighted by molar-refractivity contribution is 1.11. The number of nitrogens with zero attached hydrogens (tertiary/aromatic N) is 6. The zero-order chi connectivity index (χ0) is 47.3. The molecule has 0 atom stereocenters. The first kappa shape index (κ1) is 40.1. The van der Waals surface area contributed by atoms with Gasteiger partial charge in [0.2, 0.25) is 5.78 Å². The van der Waals surface area contributed by atoms with E-state index in [0.29, 0.717) is 5.78 Å². The van der Waals surface area contributed by atoms with Crippen LogP contribution in [0, 0.1) is 0 Å². The zero-order valence-corrected chi connectivity index (χ0v) is 38.9. The first-order chi connectivity index (χ1) is 35.7. The lowest BCUT2D eigenvalue weighted by Gasteiger charge is -2.11. The molecule has 15 aromatic rings. The summed E-state index contributed by atoms with van der Waals surface area (Å²) in [6.07, 6.45) is 3.85. The van der Waals surface area contributed by atoms with Crippen LogP contribution in [-0.2, 0) is 0 Å². The predicted molar refractivity (Wildman–Crippen MR) is 298 cm³/mol. The number of benzene rings is 10. The third kappa shape index (κ3) is 6.16. The molecule has 0 bridgehead atoms. The Morgan fingerprint density at radius 1 is 0.278 bits per heavy atom. The van der Waals surface area contributed by atoms with Crippen molar-refractivity contribution in [3.05, 3.63) is 255 Å². The molecule has 0 saturated carbocycles. The minimum absolute atomic E-state index is 0.673. The molecule has 72 heavy (non-hydrogen) atoms. The van der Waals surface area contributed by atoms with Crippen LogP contribution in [0.1, 0.15) is 0 Å². The Labute approximate surface area is 414 Å². The van der Waals surface area contributed by atoms with Crippen LogP contribution in [0.15, 0.2) is 255 Å². The number of aromatic nitrogens is 6. The molecule has 10 aromatic carbocycles. The summed E-state index contributed by atoms with van der Waals surface area (Å²) in [6.45, 7) is 0. The fourth-order valence-electron chi connectivity index (χ4n) is 11.4. The van der Waals surface area contributed by atoms with Crippen LogP contribution in [0.5, 0.6) is 0 Å². The highest BCUT2D eigenvalue weighted by Crippen LogP contribution is 2.42. The van der Waals surface area contributed by atoms with Gasteiger partial charge in [0.05, 0.1) is 44.5 Å². The van der Waals surface area contributed by atoms with Gasteiger partial charge in [-0.05, 0) is 125 Å². The molecule has 5 heterocycles. The van der Waals surface area contributed by atoms with Crippen molar-refractivity contribution < 1.29 is 0 Å². The van der Waals surface area contributed by atoms with E-state index < -0.39 is 0 Å². The van der Waals surface area contributed by atoms with Gasteiger partial charge < -0.3 is 13.7 Å². The largest absolute Gasteiger partial charge is 0.309 e. The highest BCUT2D eigenvalue weighted by atomic mass is 15.1. The van der Waals surface area contributed by atoms with Crippen LogP contribution >= 0.6 is 0 Å². The van der Waals surface area contributed by atoms with Gasteiger partial charge in [-0.2, -0.15) is 0 Å². The van der Waals surface area contributed by atoms with Crippen LogP contribution in [-0.4, -0.2) is 28.1 Å². The van der Waals surface area contributed by atoms with Gasteiger partial charge in [-0.15, -0.1) is 0 Å². The van der Waals surface area contributed by atoms with Crippen LogP contribution in [0.3, 0.4) is 0 Å². The highest BCUT2D eigenvalue weighted by molar-refractivity contribution is 6.14. The molecule has 0 aliphatic rings. The summed E-state index contributed by atoms with van der Waals surface area (Å²) in [6, 6.07) is 88.0. The predicted octanol–water partition coefficient (Wildman–Crippen LogP) is 16.7. The van der Waals surface area contributed by atoms with Crippen molar-refractivity contribution in [2.24, 2.45) is 0 Å². The van der Waals surface area contributed by atoms with Crippen LogP contribution < -0.4 is 0 Å². The van der Waals surface area contributed by atoms with E-state index in [1.807, 2.05) is 18.3 Å². The molecular weight excluding hydrogens is 877 g/mol. The third-order valence-corrected chi connectivity index (χ3v) is 14.7. The summed E-state index contributed by atoms with van der Waals surface area (Å²) in [5.41, 5.74) is 19.2. The van der Waals surface area contributed by atoms with E-state index in [0.717, 1.165) is 50.6 Å². The summed E-state index contributed by atoms with van der Waals surface area (Å²) in [5, 5.41) is 7.34. The quantitative estimate of drug-likeness (QED) is 0.160. The van der Waals surface area contributed by atoms with Crippen molar-refractivity contribution >= 4 is 71.2 Å². The molecule has 6 nitrogen and oxygen atoms in total. The van der Waals surface area contributed by atoms with Crippen molar-refractivity contribution in [1.82, 2.24) is 28.1 Å². The second-order valence-electron chi connectivity index (χ2n) is 18.7. The number of para-hydroxylation sites is 4. The molecule has 0 spiro atoms. The first-order valence-electron chi connectivity index (χ1n) is 24.5. The molecule has 0 radical (unpaired) electrons. The lowest BCUT2D eigenvalue weighted by Crippen LogP contribution is -1.95. The Kier molecular flexibility index (Phi) is 8.86. The van der Waals surface area contributed by atoms with Gasteiger partial charge in [0.1, 0.15) is 0 Å². The lowest BCUT2D eigenvalue weighted by atomic mass is 9.98. The summed E-state index contributed by atoms with van der Waals surface area (Å²) >= 11 is 0. The SMILES string of the molecule is c1ccc(-c2nc3ncccn3c2-c2ccc(-n3c4ccc(-c5ccc6c(c5)c5ccccc5n6-c5ccccc5)cc4c4cc(-c5ccc6c(c5)c5ccccc5n6-c5ccccc5)ccc43)cc2)cc1. The Morgan fingerprint density at radius 3 is 1.12 bits per heavy atom. The van der Waals surface area contributed by atoms with Gasteiger partial charge in [0, 0.05) is 72.9 Å². The fraction of sp³-hybridized carbons (Fsp3) is 0. The fourth-order valence-corrected chi connectivity index (χ4v) is 11.4. The number of hydrogen-bond acceptors (Lipinski definition) is 2. The molecule has 0 aliphatic carbocycles. The highest BCUT2D eigenvalue weighted by Gasteiger charge is 2.21. The van der Waals surface area contributed by atoms with E-state index in [1.54, 1.807) is 6.20 Å². The summed E-state index contributed by atoms with van der Waals surface area (Å²) in [5.74, 6) is 0.673. The molecule has 0 saturated heterocycles. The maximum Gasteiger partial charge on any atom is 0.234 e. The molecule has 5 aromatic heterocycles. The third-order valence-electron chi connectivity index (χ3n) is 14.7. The standard InChI is InChI=1S/C66H42N6/c1-4-15-43(16-5-1)64-65(69-38-14-37-67-66(69)68-64)44-25-31-51(32-26-44)72-62-35-29-47(45-27-33-60-54(39-45)52-21-10-12-23-58(52)70(60)49-17-6-2-7-18-49)41-56(62)57-42-48(30-36-63(57)72)46-28-34-61-55(40-46)53-22-11-13-24-59(53)71(61)50-19-8-3-9-20-50/h1-42H. The molecule has 0 N–H and O–H groups in total. The second-order valence-corrected chi connectivity index (χ2v) is 18.7. The maximum atomic E-state index is 5.02. The van der Waals surface area contributed by atoms with Crippen molar-refractivity contribution in [2.45, 2.75) is 0 Å². The van der Waals surface area contributed by atoms with E-state index in [4.69, 9.17) is 4.98 Å². The molecule has 6 heteroatoms. The summed E-state index contributed by atoms with van der Waals surface area (Å²) < 4.78 is 9.27. The van der Waals surface area contributed by atoms with Crippen molar-refractivity contribution in [3.63, 3.8) is 0 Å². The average Bonchev–Trinajstić information content (AvgIpc) is 4.20. The molecule has 336 valence electrons. The van der Waals surface area contributed by atoms with E-state index in [2.05, 4.69) is 254 Å². The van der Waals surface area contributed by atoms with Crippen molar-refractivity contribution in [2.75, 3.05) is 0 Å². The second kappa shape index (κ2) is 15.9. The van der Waals surface area contributed by atoms with Crippen LogP contribution in [0.4, 0.5) is 0 Å². The topological polar surface area (TPSA) is 45.0 Å². The van der Waals surface area contributed by atoms with Gasteiger partial charge in [0.15, 0.2) is 0 Å². The minimum Gasteiger partial charge on any atom is -0.309 e. The average molecular weight is 919 g/mol. The van der Waals surface area contributed by atoms with Gasteiger partial charge in [0.25, 0.3) is 0 Å². The summed E-state index contributed by atoms with van der Waals surface area (Å²) in [4.78, 5) is 9.64. The number of fused-ring (bicyclic) bond motifs is 10. The Balaban J connectivity index is 0.915. The van der Waals surface area contributed by atoms with Crippen LogP contribution in [0.2, 0.25) is 0 Å². The maximum absolute atomic E-state index is 5.02. The molecule has 0 fully saturated rings. The van der Waals surface area contributed by atoms with E-state index >= 15 is 0 Å². The summed E-state index contributed by atoms with van der Waals surface area (Å²) in [7, 11) is 0. The van der Waals surface area contributed by atoms with E-state index in [9.17, 15) is 0 Å². The van der Waals surface area contributed by atoms with Gasteiger partial charge >= 0.3 is 0 Å². The van der Waals surface area contributed by atoms with Crippen molar-refractivity contribution in [3.8, 4) is 61.8 Å². The normalized spacial score (nSPS) is 11.9. The first-order valence-corrected chi connectivity index (χ1v) is 24.5. The monoisotopic (exact) mass is 918 g/mol. The molecule has 15 rings (SSSR count). The van der Waals surface area contributed by atoms with Gasteiger partial charge in [-0.3, -0.25) is 4.40 Å². The Hall–Kier alpha value is -9.78. The van der Waals surface area contributed by atoms with Crippen molar-refractivity contribution in [1.29, 1.82) is 0 Å². The minimum atomic E-state index is 0.673. The smallest absolute Gasteiger partial charge is 0.234 e. The van der Waals surface area contributed by atoms with Gasteiger partial charge in [-0.25, -0.2) is 9.97 Å². The van der Waals surface area contributed by atoms with E-state index in [-0.39, 0.29) is 0 Å². The number of hydrogen-bond donors (Lipinski definition) is 0. The number of rotatable bonds is 7. The molecular formula is C66H42N6. The van der Waals surface area contributed by atoms with Gasteiger partial charge in [-0.1, -0.05) is 140 Å². The van der Waals surface area contributed by atoms with Crippen LogP contribution in [0.25, 0.3) is 133 Å². The van der Waals surface area contributed by atoms with E-state index in [1.165, 1.54) is 76.6 Å².